The van der Waals surface area contributed by atoms with Crippen LogP contribution in [0.15, 0.2) is 77.0 Å². The smallest absolute Gasteiger partial charge is 0.256 e. The molecular weight excluding hydrogens is 458 g/mol. The molecule has 0 spiro atoms. The van der Waals surface area contributed by atoms with Crippen LogP contribution >= 0.6 is 11.3 Å². The highest BCUT2D eigenvalue weighted by atomic mass is 32.2. The van der Waals surface area contributed by atoms with E-state index in [4.69, 9.17) is 9.72 Å². The SMILES string of the molecule is O=C(Nc1cccc(S(=O)(=O)N2CCOCC2)c1)c1cc(-c2cccs2)nc2ccccc12. The summed E-state index contributed by atoms with van der Waals surface area (Å²) in [7, 11) is -3.66. The van der Waals surface area contributed by atoms with Gasteiger partial charge in [-0.1, -0.05) is 30.3 Å². The number of sulfonamides is 1. The second kappa shape index (κ2) is 9.03. The van der Waals surface area contributed by atoms with Crippen LogP contribution in [-0.4, -0.2) is 49.9 Å². The summed E-state index contributed by atoms with van der Waals surface area (Å²) in [6, 6.07) is 19.5. The molecule has 1 saturated heterocycles. The number of nitrogens with one attached hydrogen (secondary N) is 1. The highest BCUT2D eigenvalue weighted by Crippen LogP contribution is 2.29. The quantitative estimate of drug-likeness (QED) is 0.463. The Morgan fingerprint density at radius 1 is 1.00 bits per heavy atom. The van der Waals surface area contributed by atoms with Crippen molar-refractivity contribution < 1.29 is 17.9 Å². The maximum Gasteiger partial charge on any atom is 0.256 e. The van der Waals surface area contributed by atoms with Gasteiger partial charge in [0.2, 0.25) is 10.0 Å². The van der Waals surface area contributed by atoms with Gasteiger partial charge in [-0.05, 0) is 41.8 Å². The second-order valence-corrected chi connectivity index (χ2v) is 10.4. The first kappa shape index (κ1) is 21.7. The summed E-state index contributed by atoms with van der Waals surface area (Å²) in [5.41, 5.74) is 2.33. The van der Waals surface area contributed by atoms with E-state index in [0.717, 1.165) is 21.5 Å². The minimum Gasteiger partial charge on any atom is -0.379 e. The molecule has 168 valence electrons. The number of morpholine rings is 1. The number of benzene rings is 2. The van der Waals surface area contributed by atoms with E-state index in [1.165, 1.54) is 16.4 Å². The number of fused-ring (bicyclic) bond motifs is 1. The van der Waals surface area contributed by atoms with Gasteiger partial charge in [0.05, 0.1) is 39.8 Å². The van der Waals surface area contributed by atoms with E-state index in [2.05, 4.69) is 5.32 Å². The van der Waals surface area contributed by atoms with Gasteiger partial charge in [0.1, 0.15) is 0 Å². The molecule has 4 aromatic rings. The first-order valence-electron chi connectivity index (χ1n) is 10.5. The molecule has 0 radical (unpaired) electrons. The van der Waals surface area contributed by atoms with Crippen molar-refractivity contribution in [2.75, 3.05) is 31.6 Å². The van der Waals surface area contributed by atoms with Gasteiger partial charge in [0.25, 0.3) is 5.91 Å². The van der Waals surface area contributed by atoms with Crippen molar-refractivity contribution in [1.29, 1.82) is 0 Å². The predicted octanol–water partition coefficient (Wildman–Crippen LogP) is 4.24. The third-order valence-electron chi connectivity index (χ3n) is 5.43. The lowest BCUT2D eigenvalue weighted by molar-refractivity contribution is 0.0730. The number of aromatic nitrogens is 1. The number of para-hydroxylation sites is 1. The van der Waals surface area contributed by atoms with Crippen molar-refractivity contribution in [2.24, 2.45) is 0 Å². The molecule has 0 bridgehead atoms. The predicted molar refractivity (Wildman–Crippen MR) is 129 cm³/mol. The van der Waals surface area contributed by atoms with E-state index in [1.54, 1.807) is 29.5 Å². The minimum absolute atomic E-state index is 0.140. The van der Waals surface area contributed by atoms with Crippen LogP contribution in [0.5, 0.6) is 0 Å². The Kier molecular flexibility index (Phi) is 5.94. The Morgan fingerprint density at radius 3 is 2.61 bits per heavy atom. The summed E-state index contributed by atoms with van der Waals surface area (Å²) in [6.07, 6.45) is 0. The van der Waals surface area contributed by atoms with E-state index >= 15 is 0 Å². The Balaban J connectivity index is 1.47. The van der Waals surface area contributed by atoms with Crippen LogP contribution in [-0.2, 0) is 14.8 Å². The molecule has 33 heavy (non-hydrogen) atoms. The van der Waals surface area contributed by atoms with Gasteiger partial charge in [-0.15, -0.1) is 11.3 Å². The normalized spacial score (nSPS) is 14.9. The highest BCUT2D eigenvalue weighted by molar-refractivity contribution is 7.89. The van der Waals surface area contributed by atoms with Crippen LogP contribution in [0.4, 0.5) is 5.69 Å². The zero-order valence-corrected chi connectivity index (χ0v) is 19.2. The summed E-state index contributed by atoms with van der Waals surface area (Å²) >= 11 is 1.55. The molecule has 2 aromatic heterocycles. The molecule has 7 nitrogen and oxygen atoms in total. The van der Waals surface area contributed by atoms with E-state index in [-0.39, 0.29) is 10.8 Å². The number of nitrogens with zero attached hydrogens (tertiary/aromatic N) is 2. The third-order valence-corrected chi connectivity index (χ3v) is 8.22. The molecule has 1 aliphatic rings. The van der Waals surface area contributed by atoms with Gasteiger partial charge < -0.3 is 10.1 Å². The topological polar surface area (TPSA) is 88.6 Å². The summed E-state index contributed by atoms with van der Waals surface area (Å²) in [5.74, 6) is -0.327. The van der Waals surface area contributed by atoms with Crippen molar-refractivity contribution in [3.05, 3.63) is 77.7 Å². The Hall–Kier alpha value is -3.11. The van der Waals surface area contributed by atoms with Crippen molar-refractivity contribution in [3.63, 3.8) is 0 Å². The molecule has 1 amide bonds. The van der Waals surface area contributed by atoms with Crippen LogP contribution in [0.3, 0.4) is 0 Å². The molecule has 5 rings (SSSR count). The van der Waals surface area contributed by atoms with Gasteiger partial charge in [-0.2, -0.15) is 4.31 Å². The maximum absolute atomic E-state index is 13.3. The van der Waals surface area contributed by atoms with Crippen LogP contribution in [0.25, 0.3) is 21.5 Å². The number of ether oxygens (including phenoxy) is 1. The maximum atomic E-state index is 13.3. The largest absolute Gasteiger partial charge is 0.379 e. The number of amides is 1. The Morgan fingerprint density at radius 2 is 1.82 bits per heavy atom. The summed E-state index contributed by atoms with van der Waals surface area (Å²) in [5, 5.41) is 5.56. The van der Waals surface area contributed by atoms with Crippen molar-refractivity contribution in [1.82, 2.24) is 9.29 Å². The highest BCUT2D eigenvalue weighted by Gasteiger charge is 2.26. The number of hydrogen-bond acceptors (Lipinski definition) is 6. The molecule has 1 fully saturated rings. The summed E-state index contributed by atoms with van der Waals surface area (Å²) in [6.45, 7) is 1.37. The molecular formula is C24H21N3O4S2. The minimum atomic E-state index is -3.66. The first-order chi connectivity index (χ1) is 16.0. The number of hydrogen-bond donors (Lipinski definition) is 1. The average Bonchev–Trinajstić information content (AvgIpc) is 3.39. The van der Waals surface area contributed by atoms with Gasteiger partial charge >= 0.3 is 0 Å². The number of carbonyl (C=O) groups excluding carboxylic acids is 1. The summed E-state index contributed by atoms with van der Waals surface area (Å²) in [4.78, 5) is 19.1. The summed E-state index contributed by atoms with van der Waals surface area (Å²) < 4.78 is 32.7. The zero-order chi connectivity index (χ0) is 22.8. The number of rotatable bonds is 5. The number of carbonyl (C=O) groups is 1. The fourth-order valence-electron chi connectivity index (χ4n) is 3.78. The standard InChI is InChI=1S/C24H21N3O4S2/c28-24(20-16-22(23-9-4-14-32-23)26-21-8-2-1-7-19(20)21)25-17-5-3-6-18(15-17)33(29,30)27-10-12-31-13-11-27/h1-9,14-16H,10-13H2,(H,25,28). The lowest BCUT2D eigenvalue weighted by atomic mass is 10.1. The molecule has 3 heterocycles. The molecule has 0 saturated carbocycles. The van der Waals surface area contributed by atoms with Gasteiger partial charge in [0, 0.05) is 24.2 Å². The Labute approximate surface area is 195 Å². The first-order valence-corrected chi connectivity index (χ1v) is 12.8. The zero-order valence-electron chi connectivity index (χ0n) is 17.6. The number of pyridine rings is 1. The van der Waals surface area contributed by atoms with Crippen molar-refractivity contribution in [3.8, 4) is 10.6 Å². The third kappa shape index (κ3) is 4.40. The van der Waals surface area contributed by atoms with E-state index in [1.807, 2.05) is 41.8 Å². The van der Waals surface area contributed by atoms with Crippen LogP contribution in [0, 0.1) is 0 Å². The molecule has 2 aromatic carbocycles. The fourth-order valence-corrected chi connectivity index (χ4v) is 5.92. The number of thiophene rings is 1. The molecule has 0 atom stereocenters. The molecule has 0 unspecified atom stereocenters. The Bertz CT molecular complexity index is 1410. The van der Waals surface area contributed by atoms with Crippen molar-refractivity contribution >= 4 is 43.9 Å². The van der Waals surface area contributed by atoms with E-state index in [9.17, 15) is 13.2 Å². The lowest BCUT2D eigenvalue weighted by Crippen LogP contribution is -2.40. The second-order valence-electron chi connectivity index (χ2n) is 7.55. The monoisotopic (exact) mass is 479 g/mol. The van der Waals surface area contributed by atoms with Gasteiger partial charge in [-0.3, -0.25) is 4.79 Å². The van der Waals surface area contributed by atoms with Crippen LogP contribution in [0.1, 0.15) is 10.4 Å². The average molecular weight is 480 g/mol. The molecule has 1 aliphatic heterocycles. The van der Waals surface area contributed by atoms with Crippen LogP contribution < -0.4 is 5.32 Å². The fraction of sp³-hybridized carbons (Fsp3) is 0.167. The molecule has 1 N–H and O–H groups in total. The number of anilines is 1. The van der Waals surface area contributed by atoms with E-state index in [0.29, 0.717) is 37.6 Å². The molecule has 9 heteroatoms. The van der Waals surface area contributed by atoms with Crippen molar-refractivity contribution in [2.45, 2.75) is 4.90 Å². The lowest BCUT2D eigenvalue weighted by Gasteiger charge is -2.26. The van der Waals surface area contributed by atoms with Gasteiger partial charge in [0.15, 0.2) is 0 Å². The van der Waals surface area contributed by atoms with Crippen LogP contribution in [0.2, 0.25) is 0 Å². The van der Waals surface area contributed by atoms with Gasteiger partial charge in [-0.25, -0.2) is 13.4 Å². The van der Waals surface area contributed by atoms with E-state index < -0.39 is 10.0 Å². The molecule has 0 aliphatic carbocycles.